The highest BCUT2D eigenvalue weighted by Gasteiger charge is 2.58. The summed E-state index contributed by atoms with van der Waals surface area (Å²) in [7, 11) is 0. The summed E-state index contributed by atoms with van der Waals surface area (Å²) in [6.45, 7) is 6.59. The zero-order valence-electron chi connectivity index (χ0n) is 10.3. The van der Waals surface area contributed by atoms with Gasteiger partial charge in [0.25, 0.3) is 0 Å². The molecule has 2 rings (SSSR count). The SMILES string of the molecule is CCC(=O)C[C@@H]1[C@@]2(C)CO[C@]1(C)CC(=O)C2. The van der Waals surface area contributed by atoms with E-state index in [1.165, 1.54) is 0 Å². The van der Waals surface area contributed by atoms with Gasteiger partial charge in [-0.05, 0) is 6.92 Å². The largest absolute Gasteiger partial charge is 0.374 e. The first-order valence-electron chi connectivity index (χ1n) is 6.07. The summed E-state index contributed by atoms with van der Waals surface area (Å²) in [6.07, 6.45) is 2.20. The van der Waals surface area contributed by atoms with Crippen LogP contribution in [0.5, 0.6) is 0 Å². The highest BCUT2D eigenvalue weighted by Crippen LogP contribution is 2.54. The van der Waals surface area contributed by atoms with Gasteiger partial charge in [0.15, 0.2) is 0 Å². The quantitative estimate of drug-likeness (QED) is 0.737. The summed E-state index contributed by atoms with van der Waals surface area (Å²) < 4.78 is 5.82. The number of carbonyl (C=O) groups is 2. The summed E-state index contributed by atoms with van der Waals surface area (Å²) in [5.74, 6) is 0.773. The fraction of sp³-hybridized carbons (Fsp3) is 0.846. The topological polar surface area (TPSA) is 43.4 Å². The van der Waals surface area contributed by atoms with Gasteiger partial charge in [0, 0.05) is 37.0 Å². The first-order valence-corrected chi connectivity index (χ1v) is 6.07. The van der Waals surface area contributed by atoms with Crippen molar-refractivity contribution in [2.75, 3.05) is 6.61 Å². The first-order chi connectivity index (χ1) is 7.39. The standard InChI is InChI=1S/C13H20O3/c1-4-9(14)5-11-12(2)6-10(15)7-13(11,3)16-8-12/h11H,4-8H2,1-3H3/t11-,12-,13-/m1/s1. The zero-order valence-corrected chi connectivity index (χ0v) is 10.3. The van der Waals surface area contributed by atoms with Crippen LogP contribution in [0.3, 0.4) is 0 Å². The number of ether oxygens (including phenoxy) is 1. The van der Waals surface area contributed by atoms with Crippen molar-refractivity contribution in [3.8, 4) is 0 Å². The Labute approximate surface area is 96.5 Å². The Balaban J connectivity index is 2.24. The molecule has 0 unspecified atom stereocenters. The lowest BCUT2D eigenvalue weighted by molar-refractivity contribution is -0.133. The third-order valence-electron chi connectivity index (χ3n) is 4.29. The minimum absolute atomic E-state index is 0.116. The maximum absolute atomic E-state index is 11.7. The molecule has 0 aromatic heterocycles. The summed E-state index contributed by atoms with van der Waals surface area (Å²) in [5.41, 5.74) is -0.510. The Morgan fingerprint density at radius 1 is 1.44 bits per heavy atom. The van der Waals surface area contributed by atoms with Crippen LogP contribution in [0.2, 0.25) is 0 Å². The van der Waals surface area contributed by atoms with Crippen LogP contribution < -0.4 is 0 Å². The monoisotopic (exact) mass is 224 g/mol. The van der Waals surface area contributed by atoms with Crippen molar-refractivity contribution < 1.29 is 14.3 Å². The van der Waals surface area contributed by atoms with E-state index >= 15 is 0 Å². The smallest absolute Gasteiger partial charge is 0.136 e. The molecule has 2 bridgehead atoms. The molecule has 0 aromatic carbocycles. The molecule has 1 saturated carbocycles. The Hall–Kier alpha value is -0.700. The second-order valence-corrected chi connectivity index (χ2v) is 5.80. The number of carbonyl (C=O) groups excluding carboxylic acids is 2. The second-order valence-electron chi connectivity index (χ2n) is 5.80. The van der Waals surface area contributed by atoms with E-state index in [1.807, 2.05) is 13.8 Å². The highest BCUT2D eigenvalue weighted by molar-refractivity contribution is 5.83. The average Bonchev–Trinajstić information content (AvgIpc) is 2.35. The van der Waals surface area contributed by atoms with Crippen molar-refractivity contribution in [2.24, 2.45) is 11.3 Å². The predicted octanol–water partition coefficient (Wildman–Crippen LogP) is 2.13. The predicted molar refractivity (Wildman–Crippen MR) is 60.1 cm³/mol. The van der Waals surface area contributed by atoms with E-state index in [1.54, 1.807) is 0 Å². The molecular weight excluding hydrogens is 204 g/mol. The van der Waals surface area contributed by atoms with Crippen LogP contribution in [-0.2, 0) is 14.3 Å². The molecule has 1 saturated heterocycles. The van der Waals surface area contributed by atoms with Gasteiger partial charge in [-0.15, -0.1) is 0 Å². The molecule has 16 heavy (non-hydrogen) atoms. The fourth-order valence-electron chi connectivity index (χ4n) is 3.36. The van der Waals surface area contributed by atoms with E-state index in [4.69, 9.17) is 4.74 Å². The van der Waals surface area contributed by atoms with Gasteiger partial charge in [-0.25, -0.2) is 0 Å². The van der Waals surface area contributed by atoms with Crippen LogP contribution in [-0.4, -0.2) is 23.8 Å². The van der Waals surface area contributed by atoms with Gasteiger partial charge in [-0.3, -0.25) is 9.59 Å². The van der Waals surface area contributed by atoms with Gasteiger partial charge in [0.05, 0.1) is 12.2 Å². The molecule has 1 aliphatic heterocycles. The van der Waals surface area contributed by atoms with Gasteiger partial charge in [0.2, 0.25) is 0 Å². The summed E-state index contributed by atoms with van der Waals surface area (Å²) in [5, 5.41) is 0. The van der Waals surface area contributed by atoms with Crippen LogP contribution in [0.25, 0.3) is 0 Å². The number of Topliss-reactive ketones (excluding diaryl/α,β-unsaturated/α-hetero) is 2. The van der Waals surface area contributed by atoms with Gasteiger partial charge in [0.1, 0.15) is 11.6 Å². The summed E-state index contributed by atoms with van der Waals surface area (Å²) >= 11 is 0. The van der Waals surface area contributed by atoms with Crippen molar-refractivity contribution in [3.63, 3.8) is 0 Å². The van der Waals surface area contributed by atoms with E-state index in [2.05, 4.69) is 6.92 Å². The normalized spacial score (nSPS) is 42.4. The molecule has 2 aliphatic rings. The molecule has 0 amide bonds. The van der Waals surface area contributed by atoms with Gasteiger partial charge in [-0.2, -0.15) is 0 Å². The average molecular weight is 224 g/mol. The van der Waals surface area contributed by atoms with Gasteiger partial charge in [-0.1, -0.05) is 13.8 Å². The molecule has 3 atom stereocenters. The Bertz CT molecular complexity index is 314. The molecule has 1 aliphatic carbocycles. The molecule has 0 spiro atoms. The minimum Gasteiger partial charge on any atom is -0.374 e. The molecule has 3 heteroatoms. The third-order valence-corrected chi connectivity index (χ3v) is 4.29. The van der Waals surface area contributed by atoms with Gasteiger partial charge >= 0.3 is 0 Å². The van der Waals surface area contributed by atoms with Crippen molar-refractivity contribution in [1.29, 1.82) is 0 Å². The minimum atomic E-state index is -0.394. The maximum Gasteiger partial charge on any atom is 0.136 e. The highest BCUT2D eigenvalue weighted by atomic mass is 16.5. The van der Waals surface area contributed by atoms with Crippen molar-refractivity contribution in [2.45, 2.75) is 52.1 Å². The molecule has 90 valence electrons. The maximum atomic E-state index is 11.7. The molecule has 1 heterocycles. The van der Waals surface area contributed by atoms with Crippen molar-refractivity contribution in [3.05, 3.63) is 0 Å². The van der Waals surface area contributed by atoms with Crippen LogP contribution in [0, 0.1) is 11.3 Å². The molecule has 0 aromatic rings. The zero-order chi connectivity index (χ0) is 12.0. The lowest BCUT2D eigenvalue weighted by Gasteiger charge is -2.40. The second kappa shape index (κ2) is 3.66. The Morgan fingerprint density at radius 2 is 2.12 bits per heavy atom. The van der Waals surface area contributed by atoms with E-state index in [0.717, 1.165) is 0 Å². The van der Waals surface area contributed by atoms with E-state index in [0.29, 0.717) is 32.3 Å². The van der Waals surface area contributed by atoms with Crippen LogP contribution >= 0.6 is 0 Å². The third kappa shape index (κ3) is 1.71. The Morgan fingerprint density at radius 3 is 2.69 bits per heavy atom. The van der Waals surface area contributed by atoms with E-state index < -0.39 is 5.60 Å². The lowest BCUT2D eigenvalue weighted by Crippen LogP contribution is -2.46. The number of hydrogen-bond acceptors (Lipinski definition) is 3. The van der Waals surface area contributed by atoms with Crippen LogP contribution in [0.1, 0.15) is 46.5 Å². The fourth-order valence-corrected chi connectivity index (χ4v) is 3.36. The molecule has 0 radical (unpaired) electrons. The number of rotatable bonds is 3. The number of fused-ring (bicyclic) bond motifs is 2. The molecular formula is C13H20O3. The van der Waals surface area contributed by atoms with Crippen molar-refractivity contribution >= 4 is 11.6 Å². The molecule has 2 fully saturated rings. The van der Waals surface area contributed by atoms with Crippen LogP contribution in [0.15, 0.2) is 0 Å². The summed E-state index contributed by atoms with van der Waals surface area (Å²) in [4.78, 5) is 23.3. The lowest BCUT2D eigenvalue weighted by atomic mass is 9.61. The van der Waals surface area contributed by atoms with E-state index in [9.17, 15) is 9.59 Å². The van der Waals surface area contributed by atoms with Gasteiger partial charge < -0.3 is 4.74 Å². The van der Waals surface area contributed by atoms with E-state index in [-0.39, 0.29) is 22.9 Å². The van der Waals surface area contributed by atoms with Crippen LogP contribution in [0.4, 0.5) is 0 Å². The molecule has 3 nitrogen and oxygen atoms in total. The number of hydrogen-bond donors (Lipinski definition) is 0. The Kier molecular flexibility index (Phi) is 2.69. The van der Waals surface area contributed by atoms with Crippen molar-refractivity contribution in [1.82, 2.24) is 0 Å². The summed E-state index contributed by atoms with van der Waals surface area (Å²) in [6, 6.07) is 0. The first kappa shape index (κ1) is 11.8. The molecule has 0 N–H and O–H groups in total. The number of ketones is 2.